The van der Waals surface area contributed by atoms with Crippen molar-refractivity contribution in [2.24, 2.45) is 5.92 Å². The lowest BCUT2D eigenvalue weighted by Crippen LogP contribution is -2.37. The van der Waals surface area contributed by atoms with Crippen molar-refractivity contribution in [1.29, 1.82) is 0 Å². The normalized spacial score (nSPS) is 10.2. The van der Waals surface area contributed by atoms with Gasteiger partial charge in [0.05, 0.1) is 11.4 Å². The fraction of sp³-hybridized carbons (Fsp3) is 0.385. The van der Waals surface area contributed by atoms with E-state index in [2.05, 4.69) is 10.6 Å². The summed E-state index contributed by atoms with van der Waals surface area (Å²) in [6, 6.07) is 5.25. The first kappa shape index (κ1) is 14.0. The van der Waals surface area contributed by atoms with E-state index in [0.29, 0.717) is 23.8 Å². The van der Waals surface area contributed by atoms with Gasteiger partial charge in [0.15, 0.2) is 0 Å². The molecule has 0 aliphatic heterocycles. The second kappa shape index (κ2) is 6.05. The molecule has 0 fully saturated rings. The quantitative estimate of drug-likeness (QED) is 0.557. The fourth-order valence-corrected chi connectivity index (χ4v) is 1.33. The largest absolute Gasteiger partial charge is 0.397 e. The van der Waals surface area contributed by atoms with E-state index in [-0.39, 0.29) is 0 Å². The van der Waals surface area contributed by atoms with Crippen LogP contribution in [0, 0.1) is 12.8 Å². The van der Waals surface area contributed by atoms with Gasteiger partial charge in [-0.1, -0.05) is 19.9 Å². The van der Waals surface area contributed by atoms with Gasteiger partial charge in [0.2, 0.25) is 0 Å². The molecule has 5 heteroatoms. The number of amides is 2. The van der Waals surface area contributed by atoms with E-state index < -0.39 is 11.8 Å². The zero-order valence-electron chi connectivity index (χ0n) is 10.9. The second-order valence-electron chi connectivity index (χ2n) is 4.65. The fourth-order valence-electron chi connectivity index (χ4n) is 1.33. The molecule has 0 atom stereocenters. The molecule has 0 saturated carbocycles. The molecule has 5 nitrogen and oxygen atoms in total. The molecule has 0 unspecified atom stereocenters. The van der Waals surface area contributed by atoms with Crippen LogP contribution in [0.1, 0.15) is 19.4 Å². The van der Waals surface area contributed by atoms with Crippen LogP contribution in [0.3, 0.4) is 0 Å². The molecule has 0 heterocycles. The molecule has 1 aromatic carbocycles. The van der Waals surface area contributed by atoms with Crippen molar-refractivity contribution in [3.05, 3.63) is 23.8 Å². The molecule has 0 aromatic heterocycles. The summed E-state index contributed by atoms with van der Waals surface area (Å²) in [5.74, 6) is -1.05. The Balaban J connectivity index is 2.64. The first-order chi connectivity index (χ1) is 8.40. The molecule has 0 aliphatic rings. The molecule has 1 aromatic rings. The molecular formula is C13H19N3O2. The molecule has 1 rings (SSSR count). The van der Waals surface area contributed by atoms with Gasteiger partial charge in [0.1, 0.15) is 0 Å². The number of hydrogen-bond donors (Lipinski definition) is 3. The number of nitrogen functional groups attached to an aromatic ring is 1. The number of aryl methyl sites for hydroxylation is 1. The third-order valence-corrected chi connectivity index (χ3v) is 2.33. The third kappa shape index (κ3) is 4.08. The average molecular weight is 249 g/mol. The lowest BCUT2D eigenvalue weighted by molar-refractivity contribution is -0.136. The van der Waals surface area contributed by atoms with Gasteiger partial charge < -0.3 is 16.4 Å². The first-order valence-electron chi connectivity index (χ1n) is 5.85. The van der Waals surface area contributed by atoms with Gasteiger partial charge in [0.25, 0.3) is 0 Å². The smallest absolute Gasteiger partial charge is 0.313 e. The third-order valence-electron chi connectivity index (χ3n) is 2.33. The highest BCUT2D eigenvalue weighted by Gasteiger charge is 2.14. The molecule has 0 radical (unpaired) electrons. The van der Waals surface area contributed by atoms with Crippen molar-refractivity contribution in [1.82, 2.24) is 5.32 Å². The predicted molar refractivity (Wildman–Crippen MR) is 72.1 cm³/mol. The van der Waals surface area contributed by atoms with Crippen LogP contribution in [0.4, 0.5) is 11.4 Å². The summed E-state index contributed by atoms with van der Waals surface area (Å²) in [4.78, 5) is 23.1. The maximum atomic E-state index is 11.6. The Hall–Kier alpha value is -2.04. The minimum Gasteiger partial charge on any atom is -0.397 e. The van der Waals surface area contributed by atoms with E-state index in [1.165, 1.54) is 0 Å². The molecule has 18 heavy (non-hydrogen) atoms. The molecule has 0 bridgehead atoms. The number of rotatable bonds is 3. The van der Waals surface area contributed by atoms with Gasteiger partial charge in [-0.2, -0.15) is 0 Å². The van der Waals surface area contributed by atoms with Crippen molar-refractivity contribution in [2.75, 3.05) is 17.6 Å². The predicted octanol–water partition coefficient (Wildman–Crippen LogP) is 1.29. The molecule has 98 valence electrons. The molecule has 0 aliphatic carbocycles. The van der Waals surface area contributed by atoms with Gasteiger partial charge in [-0.15, -0.1) is 0 Å². The van der Waals surface area contributed by atoms with Crippen molar-refractivity contribution in [3.8, 4) is 0 Å². The number of nitrogens with one attached hydrogen (secondary N) is 2. The molecular weight excluding hydrogens is 230 g/mol. The Morgan fingerprint density at radius 3 is 2.56 bits per heavy atom. The van der Waals surface area contributed by atoms with Crippen LogP contribution < -0.4 is 16.4 Å². The SMILES string of the molecule is Cc1ccc(N)c(NC(=O)C(=O)NCC(C)C)c1. The summed E-state index contributed by atoms with van der Waals surface area (Å²) in [6.07, 6.45) is 0. The maximum absolute atomic E-state index is 11.6. The van der Waals surface area contributed by atoms with E-state index in [4.69, 9.17) is 5.73 Å². The highest BCUT2D eigenvalue weighted by atomic mass is 16.2. The first-order valence-corrected chi connectivity index (χ1v) is 5.85. The summed E-state index contributed by atoms with van der Waals surface area (Å²) >= 11 is 0. The van der Waals surface area contributed by atoms with Crippen LogP contribution in [-0.2, 0) is 9.59 Å². The monoisotopic (exact) mass is 249 g/mol. The van der Waals surface area contributed by atoms with Crippen molar-refractivity contribution in [3.63, 3.8) is 0 Å². The zero-order chi connectivity index (χ0) is 13.7. The highest BCUT2D eigenvalue weighted by Crippen LogP contribution is 2.19. The van der Waals surface area contributed by atoms with Crippen LogP contribution in [0.25, 0.3) is 0 Å². The highest BCUT2D eigenvalue weighted by molar-refractivity contribution is 6.39. The van der Waals surface area contributed by atoms with Gasteiger partial charge in [-0.25, -0.2) is 0 Å². The van der Waals surface area contributed by atoms with Gasteiger partial charge in [0, 0.05) is 6.54 Å². The van der Waals surface area contributed by atoms with Crippen LogP contribution in [-0.4, -0.2) is 18.4 Å². The Labute approximate surface area is 107 Å². The summed E-state index contributed by atoms with van der Waals surface area (Å²) in [7, 11) is 0. The van der Waals surface area contributed by atoms with E-state index in [9.17, 15) is 9.59 Å². The standard InChI is InChI=1S/C13H19N3O2/c1-8(2)7-15-12(17)13(18)16-11-6-9(3)4-5-10(11)14/h4-6,8H,7,14H2,1-3H3,(H,15,17)(H,16,18). The van der Waals surface area contributed by atoms with Crippen molar-refractivity contribution < 1.29 is 9.59 Å². The lowest BCUT2D eigenvalue weighted by Gasteiger charge is -2.10. The summed E-state index contributed by atoms with van der Waals surface area (Å²) < 4.78 is 0. The second-order valence-corrected chi connectivity index (χ2v) is 4.65. The Morgan fingerprint density at radius 1 is 1.28 bits per heavy atom. The van der Waals surface area contributed by atoms with Crippen LogP contribution in [0.15, 0.2) is 18.2 Å². The Morgan fingerprint density at radius 2 is 1.94 bits per heavy atom. The topological polar surface area (TPSA) is 84.2 Å². The Bertz CT molecular complexity index is 456. The van der Waals surface area contributed by atoms with E-state index in [1.54, 1.807) is 12.1 Å². The molecule has 0 saturated heterocycles. The minimum absolute atomic E-state index is 0.297. The number of hydrogen-bond acceptors (Lipinski definition) is 3. The number of benzene rings is 1. The average Bonchev–Trinajstić information content (AvgIpc) is 2.30. The Kier molecular flexibility index (Phi) is 4.71. The van der Waals surface area contributed by atoms with E-state index in [1.807, 2.05) is 26.8 Å². The van der Waals surface area contributed by atoms with Gasteiger partial charge in [-0.3, -0.25) is 9.59 Å². The van der Waals surface area contributed by atoms with Crippen LogP contribution in [0.2, 0.25) is 0 Å². The zero-order valence-corrected chi connectivity index (χ0v) is 10.9. The number of carbonyl (C=O) groups is 2. The van der Waals surface area contributed by atoms with E-state index in [0.717, 1.165) is 5.56 Å². The van der Waals surface area contributed by atoms with Gasteiger partial charge in [-0.05, 0) is 30.5 Å². The van der Waals surface area contributed by atoms with Crippen molar-refractivity contribution in [2.45, 2.75) is 20.8 Å². The number of anilines is 2. The summed E-state index contributed by atoms with van der Waals surface area (Å²) in [6.45, 7) is 6.26. The number of carbonyl (C=O) groups excluding carboxylic acids is 2. The van der Waals surface area contributed by atoms with E-state index >= 15 is 0 Å². The molecule has 0 spiro atoms. The van der Waals surface area contributed by atoms with Crippen LogP contribution >= 0.6 is 0 Å². The maximum Gasteiger partial charge on any atom is 0.313 e. The summed E-state index contributed by atoms with van der Waals surface area (Å²) in [5.41, 5.74) is 7.57. The molecule has 4 N–H and O–H groups in total. The number of nitrogens with two attached hydrogens (primary N) is 1. The molecule has 2 amide bonds. The lowest BCUT2D eigenvalue weighted by atomic mass is 10.2. The van der Waals surface area contributed by atoms with Crippen molar-refractivity contribution >= 4 is 23.2 Å². The van der Waals surface area contributed by atoms with Gasteiger partial charge >= 0.3 is 11.8 Å². The van der Waals surface area contributed by atoms with Crippen LogP contribution in [0.5, 0.6) is 0 Å². The summed E-state index contributed by atoms with van der Waals surface area (Å²) in [5, 5.41) is 5.04. The minimum atomic E-state index is -0.701.